The van der Waals surface area contributed by atoms with Crippen molar-refractivity contribution in [2.45, 2.75) is 53.5 Å². The largest absolute Gasteiger partial charge is 0.465 e. The van der Waals surface area contributed by atoms with Gasteiger partial charge in [0.15, 0.2) is 5.76 Å². The number of carbonyl (C=O) groups excluding carboxylic acids is 1. The van der Waals surface area contributed by atoms with Crippen molar-refractivity contribution in [1.82, 2.24) is 5.32 Å². The fourth-order valence-electron chi connectivity index (χ4n) is 2.43. The fourth-order valence-corrected chi connectivity index (χ4v) is 2.43. The Labute approximate surface area is 151 Å². The Kier molecular flexibility index (Phi) is 9.92. The molecule has 142 valence electrons. The first-order chi connectivity index (χ1) is 12.0. The van der Waals surface area contributed by atoms with Crippen LogP contribution in [0.15, 0.2) is 27.8 Å². The van der Waals surface area contributed by atoms with Gasteiger partial charge in [-0.2, -0.15) is 0 Å². The van der Waals surface area contributed by atoms with Crippen LogP contribution in [0, 0.1) is 5.92 Å². The van der Waals surface area contributed by atoms with Crippen molar-refractivity contribution in [1.29, 1.82) is 0 Å². The van der Waals surface area contributed by atoms with Gasteiger partial charge in [0.1, 0.15) is 0 Å². The van der Waals surface area contributed by atoms with Crippen molar-refractivity contribution in [2.24, 2.45) is 10.9 Å². The summed E-state index contributed by atoms with van der Waals surface area (Å²) in [5.41, 5.74) is 0. The Morgan fingerprint density at radius 1 is 1.32 bits per heavy atom. The number of hydrogen-bond donors (Lipinski definition) is 2. The summed E-state index contributed by atoms with van der Waals surface area (Å²) in [5, 5.41) is 2.72. The third-order valence-electron chi connectivity index (χ3n) is 4.01. The van der Waals surface area contributed by atoms with E-state index in [-0.39, 0.29) is 23.7 Å². The number of aliphatic imine (C=N–C) groups is 1. The van der Waals surface area contributed by atoms with Gasteiger partial charge in [0, 0.05) is 0 Å². The van der Waals surface area contributed by atoms with Crippen molar-refractivity contribution in [2.75, 3.05) is 26.2 Å². The summed E-state index contributed by atoms with van der Waals surface area (Å²) in [4.78, 5) is 18.3. The molecule has 0 aliphatic rings. The molecule has 1 rings (SSSR count). The van der Waals surface area contributed by atoms with Gasteiger partial charge in [-0.1, -0.05) is 13.8 Å². The number of nitrogens with one attached hydrogen (secondary N) is 2. The van der Waals surface area contributed by atoms with E-state index in [4.69, 9.17) is 9.15 Å². The fraction of sp³-hybridized carbons (Fsp3) is 0.684. The van der Waals surface area contributed by atoms with E-state index in [1.54, 1.807) is 17.0 Å². The van der Waals surface area contributed by atoms with Crippen LogP contribution in [0.1, 0.15) is 58.0 Å². The van der Waals surface area contributed by atoms with E-state index in [0.717, 1.165) is 32.5 Å². The highest BCUT2D eigenvalue weighted by molar-refractivity contribution is 6.02. The highest BCUT2D eigenvalue weighted by Gasteiger charge is 2.14. The van der Waals surface area contributed by atoms with Gasteiger partial charge in [0.25, 0.3) is 11.9 Å². The Hall–Kier alpha value is -1.82. The molecular weight excluding hydrogens is 318 g/mol. The molecule has 0 unspecified atom stereocenters. The molecule has 0 saturated heterocycles. The molecule has 0 fully saturated rings. The number of carbonyl (C=O) groups is 1. The summed E-state index contributed by atoms with van der Waals surface area (Å²) >= 11 is 0. The number of hydrogen-bond acceptors (Lipinski definition) is 4. The maximum Gasteiger partial charge on any atom is 0.294 e. The molecule has 0 aromatic carbocycles. The predicted molar refractivity (Wildman–Crippen MR) is 100 cm³/mol. The van der Waals surface area contributed by atoms with Crippen molar-refractivity contribution in [3.8, 4) is 0 Å². The van der Waals surface area contributed by atoms with Gasteiger partial charge in [0.2, 0.25) is 0 Å². The molecule has 0 bridgehead atoms. The van der Waals surface area contributed by atoms with Crippen LogP contribution in [0.4, 0.5) is 0 Å². The minimum absolute atomic E-state index is 0.0917. The van der Waals surface area contributed by atoms with Crippen LogP contribution < -0.4 is 10.2 Å². The second kappa shape index (κ2) is 11.7. The van der Waals surface area contributed by atoms with Crippen LogP contribution in [0.25, 0.3) is 0 Å². The number of amides is 1. The molecule has 1 heterocycles. The van der Waals surface area contributed by atoms with Crippen molar-refractivity contribution in [3.63, 3.8) is 0 Å². The standard InChI is InChI=1S/C19H33N3O3/c1-6-22(7-2)12-8-10-16(5)20-19(25-14-15(3)4)21-18(23)17-11-9-13-24-17/h9,11,13,15-16H,6-8,10,12,14H2,1-5H3,(H,20,21,23)/p+1/t16-/m0/s1. The zero-order chi connectivity index (χ0) is 18.7. The molecular formula is C19H34N3O3+. The third kappa shape index (κ3) is 8.72. The van der Waals surface area contributed by atoms with Crippen molar-refractivity contribution in [3.05, 3.63) is 24.2 Å². The first-order valence-electron chi connectivity index (χ1n) is 9.35. The number of amidine groups is 1. The zero-order valence-corrected chi connectivity index (χ0v) is 16.3. The van der Waals surface area contributed by atoms with E-state index in [0.29, 0.717) is 12.5 Å². The molecule has 0 spiro atoms. The second-order valence-corrected chi connectivity index (χ2v) is 6.77. The first-order valence-corrected chi connectivity index (χ1v) is 9.35. The van der Waals surface area contributed by atoms with Gasteiger partial charge in [-0.3, -0.25) is 10.1 Å². The van der Waals surface area contributed by atoms with Gasteiger partial charge in [-0.15, -0.1) is 0 Å². The van der Waals surface area contributed by atoms with E-state index >= 15 is 0 Å². The molecule has 1 aromatic heterocycles. The Morgan fingerprint density at radius 2 is 2.04 bits per heavy atom. The van der Waals surface area contributed by atoms with E-state index < -0.39 is 0 Å². The minimum atomic E-state index is -0.340. The topological polar surface area (TPSA) is 68.3 Å². The van der Waals surface area contributed by atoms with Gasteiger partial charge in [-0.25, -0.2) is 4.99 Å². The third-order valence-corrected chi connectivity index (χ3v) is 4.01. The normalized spacial score (nSPS) is 13.3. The molecule has 0 saturated carbocycles. The Bertz CT molecular complexity index is 508. The molecule has 0 aliphatic carbocycles. The van der Waals surface area contributed by atoms with Crippen LogP contribution in [0.3, 0.4) is 0 Å². The molecule has 6 heteroatoms. The maximum absolute atomic E-state index is 12.2. The zero-order valence-electron chi connectivity index (χ0n) is 16.3. The maximum atomic E-state index is 12.2. The predicted octanol–water partition coefficient (Wildman–Crippen LogP) is 2.13. The molecule has 1 amide bonds. The molecule has 1 aromatic rings. The van der Waals surface area contributed by atoms with Crippen LogP contribution in [0.2, 0.25) is 0 Å². The van der Waals surface area contributed by atoms with Gasteiger partial charge in [0.05, 0.1) is 38.5 Å². The highest BCUT2D eigenvalue weighted by atomic mass is 16.5. The Balaban J connectivity index is 2.60. The molecule has 0 aliphatic heterocycles. The number of quaternary nitrogens is 1. The average Bonchev–Trinajstić information content (AvgIpc) is 3.11. The average molecular weight is 352 g/mol. The quantitative estimate of drug-likeness (QED) is 0.501. The van der Waals surface area contributed by atoms with Gasteiger partial charge < -0.3 is 14.1 Å². The van der Waals surface area contributed by atoms with Crippen LogP contribution >= 0.6 is 0 Å². The number of rotatable bonds is 10. The van der Waals surface area contributed by atoms with E-state index in [1.807, 2.05) is 0 Å². The molecule has 25 heavy (non-hydrogen) atoms. The second-order valence-electron chi connectivity index (χ2n) is 6.77. The summed E-state index contributed by atoms with van der Waals surface area (Å²) in [5.74, 6) is 0.262. The lowest BCUT2D eigenvalue weighted by Gasteiger charge is -2.17. The van der Waals surface area contributed by atoms with E-state index in [1.165, 1.54) is 6.26 Å². The van der Waals surface area contributed by atoms with Crippen LogP contribution in [-0.2, 0) is 4.74 Å². The summed E-state index contributed by atoms with van der Waals surface area (Å²) in [6.45, 7) is 14.5. The molecule has 6 nitrogen and oxygen atoms in total. The SMILES string of the molecule is CC[NH+](CC)CCC[C@H](C)N=C(NC(=O)c1ccco1)OCC(C)C. The highest BCUT2D eigenvalue weighted by Crippen LogP contribution is 2.04. The van der Waals surface area contributed by atoms with E-state index in [2.05, 4.69) is 44.9 Å². The summed E-state index contributed by atoms with van der Waals surface area (Å²) in [7, 11) is 0. The van der Waals surface area contributed by atoms with E-state index in [9.17, 15) is 4.79 Å². The lowest BCUT2D eigenvalue weighted by Crippen LogP contribution is -3.11. The van der Waals surface area contributed by atoms with Crippen molar-refractivity contribution < 1.29 is 18.8 Å². The molecule has 0 radical (unpaired) electrons. The summed E-state index contributed by atoms with van der Waals surface area (Å²) in [6, 6.07) is 3.66. The summed E-state index contributed by atoms with van der Waals surface area (Å²) < 4.78 is 10.8. The lowest BCUT2D eigenvalue weighted by atomic mass is 10.2. The minimum Gasteiger partial charge on any atom is -0.465 e. The van der Waals surface area contributed by atoms with Crippen LogP contribution in [-0.4, -0.2) is 44.2 Å². The van der Waals surface area contributed by atoms with Gasteiger partial charge in [-0.05, 0) is 51.7 Å². The number of furan rings is 1. The monoisotopic (exact) mass is 352 g/mol. The lowest BCUT2D eigenvalue weighted by molar-refractivity contribution is -0.896. The summed E-state index contributed by atoms with van der Waals surface area (Å²) in [6.07, 6.45) is 3.54. The number of nitrogens with zero attached hydrogens (tertiary/aromatic N) is 1. The smallest absolute Gasteiger partial charge is 0.294 e. The van der Waals surface area contributed by atoms with Crippen molar-refractivity contribution >= 4 is 11.9 Å². The first kappa shape index (κ1) is 21.2. The van der Waals surface area contributed by atoms with Gasteiger partial charge >= 0.3 is 0 Å². The number of ether oxygens (including phenoxy) is 1. The molecule has 1 atom stereocenters. The molecule has 2 N–H and O–H groups in total. The Morgan fingerprint density at radius 3 is 2.60 bits per heavy atom. The van der Waals surface area contributed by atoms with Crippen LogP contribution in [0.5, 0.6) is 0 Å².